The first-order chi connectivity index (χ1) is 30.0. The normalized spacial score (nSPS) is 26.7. The third-order valence-corrected chi connectivity index (χ3v) is 12.6. The lowest BCUT2D eigenvalue weighted by atomic mass is 9.70. The Labute approximate surface area is 353 Å². The number of aliphatic hydroxyl groups excluding tert-OH is 3. The Morgan fingerprint density at radius 1 is 0.444 bits per heavy atom. The maximum Gasteiger partial charge on any atom is 0.305 e. The van der Waals surface area contributed by atoms with Crippen molar-refractivity contribution in [1.29, 1.82) is 0 Å². The Balaban J connectivity index is 1.18. The molecule has 0 aromatic heterocycles. The molecule has 13 N–H and O–H groups in total. The third kappa shape index (κ3) is 5.04. The molecule has 5 aliphatic rings. The summed E-state index contributed by atoms with van der Waals surface area (Å²) in [5.74, 6) is -13.7. The predicted octanol–water partition coefficient (Wildman–Crippen LogP) is 4.04. The summed E-state index contributed by atoms with van der Waals surface area (Å²) in [5.41, 5.74) is -0.196. The molecule has 0 spiro atoms. The van der Waals surface area contributed by atoms with E-state index >= 15 is 0 Å². The zero-order valence-electron chi connectivity index (χ0n) is 32.0. The molecule has 0 amide bonds. The average Bonchev–Trinajstić information content (AvgIpc) is 3.22. The first kappa shape index (κ1) is 38.1. The molecule has 5 aliphatic heterocycles. The van der Waals surface area contributed by atoms with Gasteiger partial charge in [0.1, 0.15) is 70.1 Å². The number of aliphatic hydroxyl groups is 3. The molecule has 6 aromatic carbocycles. The summed E-state index contributed by atoms with van der Waals surface area (Å²) < 4.78 is 32.3. The monoisotopic (exact) mass is 862 g/mol. The van der Waals surface area contributed by atoms with Gasteiger partial charge >= 0.3 is 11.6 Å². The number of benzene rings is 6. The van der Waals surface area contributed by atoms with E-state index in [0.29, 0.717) is 0 Å². The predicted molar refractivity (Wildman–Crippen MR) is 210 cm³/mol. The van der Waals surface area contributed by atoms with E-state index in [9.17, 15) is 66.4 Å². The number of fused-ring (bicyclic) bond motifs is 14. The van der Waals surface area contributed by atoms with Gasteiger partial charge in [0.05, 0.1) is 17.9 Å². The van der Waals surface area contributed by atoms with Gasteiger partial charge in [-0.1, -0.05) is 6.07 Å². The topological polar surface area (TPSA) is 309 Å². The van der Waals surface area contributed by atoms with Gasteiger partial charge in [-0.05, 0) is 54.1 Å². The minimum atomic E-state index is -2.34. The van der Waals surface area contributed by atoms with Crippen molar-refractivity contribution in [2.45, 2.75) is 54.2 Å². The second-order valence-corrected chi connectivity index (χ2v) is 16.1. The first-order valence-electron chi connectivity index (χ1n) is 19.4. The molecule has 11 rings (SSSR count). The number of hydrogen-bond acceptors (Lipinski definition) is 18. The molecule has 8 atom stereocenters. The summed E-state index contributed by atoms with van der Waals surface area (Å²) >= 11 is 0. The van der Waals surface area contributed by atoms with Gasteiger partial charge < -0.3 is 90.1 Å². The van der Waals surface area contributed by atoms with Crippen LogP contribution in [-0.2, 0) is 18.0 Å². The molecule has 0 radical (unpaired) electrons. The summed E-state index contributed by atoms with van der Waals surface area (Å²) in [6.45, 7) is 0. The number of ether oxygens (including phenoxy) is 5. The molecule has 0 saturated heterocycles. The second-order valence-electron chi connectivity index (χ2n) is 16.1. The number of phenols is 10. The molecule has 18 nitrogen and oxygen atoms in total. The second kappa shape index (κ2) is 12.6. The van der Waals surface area contributed by atoms with Crippen LogP contribution in [0.25, 0.3) is 0 Å². The van der Waals surface area contributed by atoms with Crippen molar-refractivity contribution in [3.63, 3.8) is 0 Å². The summed E-state index contributed by atoms with van der Waals surface area (Å²) in [7, 11) is 0. The number of aromatic hydroxyl groups is 10. The maximum absolute atomic E-state index is 12.8. The number of phenolic OH excluding ortho intramolecular Hbond substituents is 10. The summed E-state index contributed by atoms with van der Waals surface area (Å²) in [6, 6.07) is 15.4. The van der Waals surface area contributed by atoms with E-state index in [1.165, 1.54) is 42.5 Å². The van der Waals surface area contributed by atoms with Crippen molar-refractivity contribution in [1.82, 2.24) is 0 Å². The van der Waals surface area contributed by atoms with E-state index in [0.717, 1.165) is 36.4 Å². The van der Waals surface area contributed by atoms with E-state index in [1.54, 1.807) is 0 Å². The molecule has 6 aromatic rings. The van der Waals surface area contributed by atoms with Gasteiger partial charge in [-0.2, -0.15) is 0 Å². The Bertz CT molecular complexity index is 2990. The standard InChI is InChI=1S/C45H34O18/c46-18-10-27(54)33-29(11-18)60-44(16-2-5-21(48)25(52)8-16)42(57)37(33)34-31(62-44)14-32-35(39(34)56)38-36-30(61-45(63-32,43(38)58)17-3-6-22(49)26(53)9-17)13-23(50)19-12-28(55)40(59-41(19)36)15-1-4-20(47)24(51)7-15/h1-11,13-14,28,37-38,40,42-43,46-58H,12H2/t28-,37-,38-,40+,42-,43-,44+,45-/m1/s1. The Morgan fingerprint density at radius 2 is 0.937 bits per heavy atom. The highest BCUT2D eigenvalue weighted by atomic mass is 16.7. The lowest BCUT2D eigenvalue weighted by Crippen LogP contribution is -2.59. The third-order valence-electron chi connectivity index (χ3n) is 12.6. The van der Waals surface area contributed by atoms with Crippen LogP contribution in [0.4, 0.5) is 0 Å². The molecule has 4 bridgehead atoms. The number of rotatable bonds is 3. The van der Waals surface area contributed by atoms with Crippen LogP contribution in [0.5, 0.6) is 86.2 Å². The van der Waals surface area contributed by atoms with Crippen LogP contribution in [-0.4, -0.2) is 84.7 Å². The van der Waals surface area contributed by atoms with Gasteiger partial charge in [0, 0.05) is 69.6 Å². The molecule has 322 valence electrons. The van der Waals surface area contributed by atoms with Crippen LogP contribution >= 0.6 is 0 Å². The van der Waals surface area contributed by atoms with Crippen molar-refractivity contribution in [2.24, 2.45) is 0 Å². The van der Waals surface area contributed by atoms with Gasteiger partial charge in [0.25, 0.3) is 0 Å². The number of hydrogen-bond donors (Lipinski definition) is 13. The smallest absolute Gasteiger partial charge is 0.305 e. The van der Waals surface area contributed by atoms with Crippen LogP contribution in [0, 0.1) is 0 Å². The van der Waals surface area contributed by atoms with Crippen LogP contribution in [0.3, 0.4) is 0 Å². The van der Waals surface area contributed by atoms with Gasteiger partial charge in [-0.3, -0.25) is 0 Å². The summed E-state index contributed by atoms with van der Waals surface area (Å²) in [4.78, 5) is 0. The van der Waals surface area contributed by atoms with Crippen LogP contribution in [0.2, 0.25) is 0 Å². The van der Waals surface area contributed by atoms with Crippen molar-refractivity contribution < 1.29 is 90.1 Å². The summed E-state index contributed by atoms with van der Waals surface area (Å²) in [6.07, 6.45) is -6.53. The van der Waals surface area contributed by atoms with E-state index in [2.05, 4.69) is 0 Å². The maximum atomic E-state index is 12.8. The zero-order chi connectivity index (χ0) is 44.2. The van der Waals surface area contributed by atoms with Crippen LogP contribution < -0.4 is 23.7 Å². The lowest BCUT2D eigenvalue weighted by molar-refractivity contribution is -0.223. The SMILES string of the molecule is Oc1cc(O)c2c(c1)O[C@@]1(c3ccc(O)c(O)c3)Oc3cc4c(c(O)c3[C@@H]2[C@H]1O)[C@@H]1c2c(cc(O)c3c2O[C@@H](c2ccc(O)c(O)c2)[C@H](O)C3)O[C@](c2ccc(O)c(O)c2)(O4)[C@@H]1O. The quantitative estimate of drug-likeness (QED) is 0.112. The molecule has 63 heavy (non-hydrogen) atoms. The van der Waals surface area contributed by atoms with Gasteiger partial charge in [-0.25, -0.2) is 0 Å². The molecular formula is C45H34O18. The molecule has 0 fully saturated rings. The minimum Gasteiger partial charge on any atom is -0.508 e. The van der Waals surface area contributed by atoms with E-state index in [4.69, 9.17) is 23.7 Å². The Kier molecular flexibility index (Phi) is 7.65. The highest BCUT2D eigenvalue weighted by Crippen LogP contribution is 2.67. The molecule has 0 aliphatic carbocycles. The summed E-state index contributed by atoms with van der Waals surface area (Å²) in [5, 5.41) is 145. The Hall–Kier alpha value is -7.80. The average molecular weight is 863 g/mol. The Morgan fingerprint density at radius 3 is 1.48 bits per heavy atom. The zero-order valence-corrected chi connectivity index (χ0v) is 32.0. The molecule has 0 saturated carbocycles. The van der Waals surface area contributed by atoms with Gasteiger partial charge in [0.2, 0.25) is 0 Å². The van der Waals surface area contributed by atoms with E-state index in [1.807, 2.05) is 0 Å². The fourth-order valence-corrected chi connectivity index (χ4v) is 9.69. The van der Waals surface area contributed by atoms with E-state index in [-0.39, 0.29) is 79.7 Å². The van der Waals surface area contributed by atoms with Crippen molar-refractivity contribution >= 4 is 0 Å². The van der Waals surface area contributed by atoms with E-state index < -0.39 is 105 Å². The van der Waals surface area contributed by atoms with Gasteiger partial charge in [0.15, 0.2) is 34.5 Å². The molecule has 0 unspecified atom stereocenters. The highest BCUT2D eigenvalue weighted by Gasteiger charge is 2.64. The van der Waals surface area contributed by atoms with Crippen LogP contribution in [0.15, 0.2) is 78.9 Å². The van der Waals surface area contributed by atoms with Crippen molar-refractivity contribution in [3.05, 3.63) is 123 Å². The van der Waals surface area contributed by atoms with Crippen LogP contribution in [0.1, 0.15) is 62.4 Å². The molecular weight excluding hydrogens is 828 g/mol. The van der Waals surface area contributed by atoms with Gasteiger partial charge in [-0.15, -0.1) is 0 Å². The van der Waals surface area contributed by atoms with Crippen molar-refractivity contribution in [3.8, 4) is 86.2 Å². The largest absolute Gasteiger partial charge is 0.508 e. The fourth-order valence-electron chi connectivity index (χ4n) is 9.69. The minimum absolute atomic E-state index is 0.0277. The molecule has 18 heteroatoms. The fraction of sp³-hybridized carbons (Fsp3) is 0.200. The molecule has 5 heterocycles. The highest BCUT2D eigenvalue weighted by molar-refractivity contribution is 5.73. The first-order valence-corrected chi connectivity index (χ1v) is 19.4. The van der Waals surface area contributed by atoms with Crippen molar-refractivity contribution in [2.75, 3.05) is 0 Å². The lowest BCUT2D eigenvalue weighted by Gasteiger charge is -2.52.